The van der Waals surface area contributed by atoms with Gasteiger partial charge in [-0.3, -0.25) is 18.6 Å². The molecule has 332 valence electrons. The Morgan fingerprint density at radius 2 is 0.804 bits per heavy atom. The number of phosphoric acid groups is 1. The van der Waals surface area contributed by atoms with E-state index in [1.165, 1.54) is 167 Å². The Morgan fingerprint density at radius 1 is 0.464 bits per heavy atom. The lowest BCUT2D eigenvalue weighted by Crippen LogP contribution is -2.29. The molecule has 0 fully saturated rings. The lowest BCUT2D eigenvalue weighted by Gasteiger charge is -2.19. The van der Waals surface area contributed by atoms with Crippen molar-refractivity contribution in [1.82, 2.24) is 0 Å². The van der Waals surface area contributed by atoms with Gasteiger partial charge < -0.3 is 14.4 Å². The van der Waals surface area contributed by atoms with E-state index in [4.69, 9.17) is 18.5 Å². The number of hydrogen-bond donors (Lipinski definition) is 1. The zero-order valence-corrected chi connectivity index (χ0v) is 38.0. The van der Waals surface area contributed by atoms with Crippen molar-refractivity contribution in [2.24, 2.45) is 0 Å². The van der Waals surface area contributed by atoms with Crippen LogP contribution < -0.4 is 0 Å². The van der Waals surface area contributed by atoms with Gasteiger partial charge in [-0.05, 0) is 45.4 Å². The van der Waals surface area contributed by atoms with Gasteiger partial charge in [-0.15, -0.1) is 0 Å². The van der Waals surface area contributed by atoms with E-state index in [1.807, 2.05) is 0 Å². The van der Waals surface area contributed by atoms with Crippen LogP contribution >= 0.6 is 7.82 Å². The second kappa shape index (κ2) is 43.4. The van der Waals surface area contributed by atoms with Gasteiger partial charge in [-0.2, -0.15) is 0 Å². The van der Waals surface area contributed by atoms with Crippen LogP contribution in [0.3, 0.4) is 0 Å². The first-order valence-corrected chi connectivity index (χ1v) is 25.5. The smallest absolute Gasteiger partial charge is 0.462 e. The van der Waals surface area contributed by atoms with Crippen molar-refractivity contribution < 1.29 is 37.6 Å². The van der Waals surface area contributed by atoms with Crippen molar-refractivity contribution in [1.29, 1.82) is 0 Å². The fourth-order valence-electron chi connectivity index (χ4n) is 7.04. The summed E-state index contributed by atoms with van der Waals surface area (Å²) in [5.41, 5.74) is 0. The largest absolute Gasteiger partial charge is 0.472 e. The first kappa shape index (κ1) is 54.8. The Balaban J connectivity index is 3.98. The number of hydrogen-bond acceptors (Lipinski definition) is 7. The highest BCUT2D eigenvalue weighted by Crippen LogP contribution is 2.43. The van der Waals surface area contributed by atoms with Gasteiger partial charge in [0.1, 0.15) is 6.61 Å². The van der Waals surface area contributed by atoms with Gasteiger partial charge in [0.2, 0.25) is 0 Å². The summed E-state index contributed by atoms with van der Waals surface area (Å²) in [7, 11) is -4.28. The summed E-state index contributed by atoms with van der Waals surface area (Å²) in [6.07, 6.45) is 46.9. The maximum absolute atomic E-state index is 12.6. The van der Waals surface area contributed by atoms with Crippen LogP contribution in [0.4, 0.5) is 0 Å². The minimum absolute atomic E-state index is 0.00299. The number of esters is 2. The SMILES string of the molecule is CCCCCCCC/C=C\CCCCCCCCCC(=O)OC(COC(=O)CCCCCCCCCCCCCCCCCCCCC)COP(=O)(O)OCC. The van der Waals surface area contributed by atoms with Crippen LogP contribution in [-0.2, 0) is 32.7 Å². The standard InChI is InChI=1S/C47H91O8P/c1-4-7-9-11-13-15-17-19-21-23-24-26-27-29-31-33-35-37-39-41-46(48)52-43-45(44-54-56(50,51)53-6-3)55-47(49)42-40-38-36-34-32-30-28-25-22-20-18-16-14-12-10-8-5-2/h20,22,45H,4-19,21,23-44H2,1-3H3,(H,50,51)/b22-20-. The van der Waals surface area contributed by atoms with Crippen LogP contribution in [0.15, 0.2) is 12.2 Å². The molecule has 0 aromatic carbocycles. The van der Waals surface area contributed by atoms with Crippen LogP contribution in [0.2, 0.25) is 0 Å². The highest BCUT2D eigenvalue weighted by atomic mass is 31.2. The Morgan fingerprint density at radius 3 is 1.18 bits per heavy atom. The molecule has 0 aromatic rings. The Hall–Kier alpha value is -1.21. The van der Waals surface area contributed by atoms with Crippen molar-refractivity contribution in [2.75, 3.05) is 19.8 Å². The van der Waals surface area contributed by atoms with Crippen molar-refractivity contribution in [3.8, 4) is 0 Å². The minimum Gasteiger partial charge on any atom is -0.462 e. The molecule has 0 aliphatic heterocycles. The second-order valence-electron chi connectivity index (χ2n) is 16.1. The molecule has 0 saturated heterocycles. The quantitative estimate of drug-likeness (QED) is 0.0280. The summed E-state index contributed by atoms with van der Waals surface area (Å²) < 4.78 is 32.7. The molecule has 2 atom stereocenters. The molecule has 0 aromatic heterocycles. The third-order valence-corrected chi connectivity index (χ3v) is 11.6. The first-order valence-electron chi connectivity index (χ1n) is 24.0. The number of allylic oxidation sites excluding steroid dienone is 2. The van der Waals surface area contributed by atoms with E-state index in [0.29, 0.717) is 12.8 Å². The van der Waals surface area contributed by atoms with Crippen molar-refractivity contribution in [3.63, 3.8) is 0 Å². The summed E-state index contributed by atoms with van der Waals surface area (Å²) >= 11 is 0. The molecule has 1 N–H and O–H groups in total. The van der Waals surface area contributed by atoms with E-state index in [9.17, 15) is 19.0 Å². The lowest BCUT2D eigenvalue weighted by atomic mass is 10.0. The third-order valence-electron chi connectivity index (χ3n) is 10.6. The lowest BCUT2D eigenvalue weighted by molar-refractivity contribution is -0.161. The van der Waals surface area contributed by atoms with E-state index < -0.39 is 19.9 Å². The second-order valence-corrected chi connectivity index (χ2v) is 17.6. The zero-order chi connectivity index (χ0) is 41.1. The topological polar surface area (TPSA) is 108 Å². The van der Waals surface area contributed by atoms with Crippen LogP contribution in [0.25, 0.3) is 0 Å². The maximum atomic E-state index is 12.6. The van der Waals surface area contributed by atoms with E-state index >= 15 is 0 Å². The van der Waals surface area contributed by atoms with Crippen molar-refractivity contribution >= 4 is 19.8 Å². The highest BCUT2D eigenvalue weighted by molar-refractivity contribution is 7.47. The number of carbonyl (C=O) groups excluding carboxylic acids is 2. The van der Waals surface area contributed by atoms with Gasteiger partial charge in [0.15, 0.2) is 6.10 Å². The molecule has 0 aliphatic rings. The molecular formula is C47H91O8P. The van der Waals surface area contributed by atoms with Gasteiger partial charge in [0.05, 0.1) is 13.2 Å². The summed E-state index contributed by atoms with van der Waals surface area (Å²) in [6.45, 7) is 5.52. The summed E-state index contributed by atoms with van der Waals surface area (Å²) in [4.78, 5) is 34.8. The summed E-state index contributed by atoms with van der Waals surface area (Å²) in [6, 6.07) is 0. The average molecular weight is 815 g/mol. The molecule has 9 heteroatoms. The minimum atomic E-state index is -4.28. The Bertz CT molecular complexity index is 926. The highest BCUT2D eigenvalue weighted by Gasteiger charge is 2.25. The number of phosphoric ester groups is 1. The van der Waals surface area contributed by atoms with Crippen LogP contribution in [0.1, 0.15) is 252 Å². The molecule has 0 bridgehead atoms. The maximum Gasteiger partial charge on any atom is 0.472 e. The van der Waals surface area contributed by atoms with Crippen LogP contribution in [0.5, 0.6) is 0 Å². The molecule has 2 unspecified atom stereocenters. The fraction of sp³-hybridized carbons (Fsp3) is 0.915. The van der Waals surface area contributed by atoms with E-state index in [-0.39, 0.29) is 32.2 Å². The van der Waals surface area contributed by atoms with Gasteiger partial charge in [0.25, 0.3) is 0 Å². The predicted molar refractivity (Wildman–Crippen MR) is 235 cm³/mol. The number of rotatable bonds is 45. The molecule has 0 aliphatic carbocycles. The van der Waals surface area contributed by atoms with E-state index in [1.54, 1.807) is 6.92 Å². The van der Waals surface area contributed by atoms with Gasteiger partial charge in [0, 0.05) is 12.8 Å². The molecule has 0 radical (unpaired) electrons. The Kier molecular flexibility index (Phi) is 42.4. The zero-order valence-electron chi connectivity index (χ0n) is 37.1. The molecule has 0 rings (SSSR count). The molecular weight excluding hydrogens is 723 g/mol. The van der Waals surface area contributed by atoms with E-state index in [0.717, 1.165) is 44.9 Å². The average Bonchev–Trinajstić information content (AvgIpc) is 3.18. The van der Waals surface area contributed by atoms with Crippen molar-refractivity contribution in [2.45, 2.75) is 258 Å². The van der Waals surface area contributed by atoms with Crippen molar-refractivity contribution in [3.05, 3.63) is 12.2 Å². The number of carbonyl (C=O) groups is 2. The monoisotopic (exact) mass is 815 g/mol. The molecule has 0 spiro atoms. The number of ether oxygens (including phenoxy) is 2. The molecule has 8 nitrogen and oxygen atoms in total. The molecule has 0 saturated carbocycles. The predicted octanol–water partition coefficient (Wildman–Crippen LogP) is 15.2. The normalized spacial score (nSPS) is 13.3. The van der Waals surface area contributed by atoms with E-state index in [2.05, 4.69) is 26.0 Å². The van der Waals surface area contributed by atoms with Gasteiger partial charge >= 0.3 is 19.8 Å². The Labute approximate surface area is 346 Å². The fourth-order valence-corrected chi connectivity index (χ4v) is 7.79. The molecule has 0 heterocycles. The van der Waals surface area contributed by atoms with Crippen LogP contribution in [-0.4, -0.2) is 42.8 Å². The molecule has 56 heavy (non-hydrogen) atoms. The van der Waals surface area contributed by atoms with Gasteiger partial charge in [-0.25, -0.2) is 4.57 Å². The van der Waals surface area contributed by atoms with Gasteiger partial charge in [-0.1, -0.05) is 206 Å². The third kappa shape index (κ3) is 42.4. The molecule has 0 amide bonds. The number of unbranched alkanes of at least 4 members (excludes halogenated alkanes) is 31. The summed E-state index contributed by atoms with van der Waals surface area (Å²) in [5, 5.41) is 0. The van der Waals surface area contributed by atoms with Crippen LogP contribution in [0, 0.1) is 0 Å². The first-order chi connectivity index (χ1) is 27.3. The summed E-state index contributed by atoms with van der Waals surface area (Å²) in [5.74, 6) is -0.787.